The van der Waals surface area contributed by atoms with Crippen LogP contribution in [0.2, 0.25) is 0 Å². The molecule has 0 unspecified atom stereocenters. The lowest BCUT2D eigenvalue weighted by molar-refractivity contribution is -0.123. The van der Waals surface area contributed by atoms with Gasteiger partial charge in [-0.1, -0.05) is 18.2 Å². The van der Waals surface area contributed by atoms with Gasteiger partial charge in [0.2, 0.25) is 11.8 Å². The molecule has 26 heavy (non-hydrogen) atoms. The molecule has 0 spiro atoms. The van der Waals surface area contributed by atoms with Crippen molar-refractivity contribution >= 4 is 23.4 Å². The lowest BCUT2D eigenvalue weighted by Gasteiger charge is -2.12. The van der Waals surface area contributed by atoms with Crippen molar-refractivity contribution in [2.75, 3.05) is 18.9 Å². The number of nitrogens with one attached hydrogen (secondary N) is 3. The summed E-state index contributed by atoms with van der Waals surface area (Å²) in [6.45, 7) is 1.50. The summed E-state index contributed by atoms with van der Waals surface area (Å²) in [5, 5.41) is 7.68. The fourth-order valence-corrected chi connectivity index (χ4v) is 2.42. The molecule has 2 aromatic carbocycles. The van der Waals surface area contributed by atoms with Crippen LogP contribution in [0.25, 0.3) is 0 Å². The van der Waals surface area contributed by atoms with E-state index in [1.807, 2.05) is 0 Å². The Morgan fingerprint density at radius 1 is 1.04 bits per heavy atom. The molecule has 3 N–H and O–H groups in total. The maximum absolute atomic E-state index is 13.1. The summed E-state index contributed by atoms with van der Waals surface area (Å²) in [4.78, 5) is 35.7. The molecule has 136 valence electrons. The van der Waals surface area contributed by atoms with Gasteiger partial charge in [0.25, 0.3) is 5.91 Å². The van der Waals surface area contributed by atoms with Crippen molar-refractivity contribution in [3.8, 4) is 0 Å². The quantitative estimate of drug-likeness (QED) is 0.737. The smallest absolute Gasteiger partial charge is 0.251 e. The summed E-state index contributed by atoms with van der Waals surface area (Å²) < 4.78 is 13.1. The Morgan fingerprint density at radius 2 is 1.77 bits per heavy atom. The predicted octanol–water partition coefficient (Wildman–Crippen LogP) is 1.79. The van der Waals surface area contributed by atoms with E-state index in [4.69, 9.17) is 0 Å². The monoisotopic (exact) mass is 357 g/mol. The zero-order valence-electron chi connectivity index (χ0n) is 14.6. The van der Waals surface area contributed by atoms with Gasteiger partial charge >= 0.3 is 0 Å². The summed E-state index contributed by atoms with van der Waals surface area (Å²) in [5.74, 6) is -1.47. The first kappa shape index (κ1) is 19.1. The first-order valence-electron chi connectivity index (χ1n) is 8.03. The molecule has 3 amide bonds. The highest BCUT2D eigenvalue weighted by molar-refractivity contribution is 6.00. The molecule has 0 aliphatic heterocycles. The van der Waals surface area contributed by atoms with Gasteiger partial charge < -0.3 is 16.0 Å². The Morgan fingerprint density at radius 3 is 2.46 bits per heavy atom. The highest BCUT2D eigenvalue weighted by Gasteiger charge is 2.13. The number of halogens is 1. The van der Waals surface area contributed by atoms with E-state index in [2.05, 4.69) is 16.0 Å². The zero-order chi connectivity index (χ0) is 19.1. The molecule has 0 heterocycles. The minimum atomic E-state index is -0.422. The van der Waals surface area contributed by atoms with Crippen LogP contribution in [0.5, 0.6) is 0 Å². The molecule has 0 fully saturated rings. The first-order chi connectivity index (χ1) is 12.4. The molecule has 0 aromatic heterocycles. The van der Waals surface area contributed by atoms with E-state index < -0.39 is 11.7 Å². The molecule has 0 atom stereocenters. The fraction of sp³-hybridized carbons (Fsp3) is 0.211. The van der Waals surface area contributed by atoms with Crippen molar-refractivity contribution in [3.05, 3.63) is 65.0 Å². The normalized spacial score (nSPS) is 10.1. The zero-order valence-corrected chi connectivity index (χ0v) is 14.6. The Balaban J connectivity index is 1.91. The number of carbonyl (C=O) groups excluding carboxylic acids is 3. The average Bonchev–Trinajstić information content (AvgIpc) is 2.61. The molecular weight excluding hydrogens is 337 g/mol. The van der Waals surface area contributed by atoms with E-state index in [9.17, 15) is 18.8 Å². The molecule has 0 aliphatic carbocycles. The second-order valence-electron chi connectivity index (χ2n) is 5.69. The van der Waals surface area contributed by atoms with Gasteiger partial charge in [-0.2, -0.15) is 0 Å². The van der Waals surface area contributed by atoms with Crippen LogP contribution in [0.15, 0.2) is 42.5 Å². The van der Waals surface area contributed by atoms with Crippen LogP contribution in [-0.2, 0) is 16.0 Å². The van der Waals surface area contributed by atoms with Gasteiger partial charge in [0.15, 0.2) is 0 Å². The van der Waals surface area contributed by atoms with Crippen molar-refractivity contribution in [3.63, 3.8) is 0 Å². The van der Waals surface area contributed by atoms with Crippen LogP contribution in [0.1, 0.15) is 21.5 Å². The lowest BCUT2D eigenvalue weighted by atomic mass is 10.1. The molecule has 2 aromatic rings. The van der Waals surface area contributed by atoms with E-state index >= 15 is 0 Å². The number of carbonyl (C=O) groups is 3. The summed E-state index contributed by atoms with van der Waals surface area (Å²) in [6.07, 6.45) is -0.0176. The predicted molar refractivity (Wildman–Crippen MR) is 96.3 cm³/mol. The molecular formula is C19H20FN3O3. The largest absolute Gasteiger partial charge is 0.355 e. The fourth-order valence-electron chi connectivity index (χ4n) is 2.42. The van der Waals surface area contributed by atoms with Crippen LogP contribution >= 0.6 is 0 Å². The second-order valence-corrected chi connectivity index (χ2v) is 5.69. The van der Waals surface area contributed by atoms with Gasteiger partial charge in [0, 0.05) is 18.3 Å². The number of amides is 3. The topological polar surface area (TPSA) is 87.3 Å². The Bertz CT molecular complexity index is 837. The highest BCUT2D eigenvalue weighted by atomic mass is 19.1. The minimum Gasteiger partial charge on any atom is -0.355 e. The van der Waals surface area contributed by atoms with Crippen LogP contribution in [0.3, 0.4) is 0 Å². The van der Waals surface area contributed by atoms with Crippen LogP contribution in [-0.4, -0.2) is 31.3 Å². The standard InChI is InChI=1S/C19H20FN3O3/c1-12-15(19(26)21-2)7-4-8-16(12)23-18(25)11-22-17(24)10-13-5-3-6-14(20)9-13/h3-9H,10-11H2,1-2H3,(H,21,26)(H,22,24)(H,23,25). The molecule has 0 saturated heterocycles. The molecule has 0 bridgehead atoms. The lowest BCUT2D eigenvalue weighted by Crippen LogP contribution is -2.34. The van der Waals surface area contributed by atoms with Crippen LogP contribution < -0.4 is 16.0 Å². The number of hydrogen-bond donors (Lipinski definition) is 3. The maximum Gasteiger partial charge on any atom is 0.251 e. The van der Waals surface area contributed by atoms with Crippen molar-refractivity contribution in [2.45, 2.75) is 13.3 Å². The second kappa shape index (κ2) is 8.75. The van der Waals surface area contributed by atoms with E-state index in [1.165, 1.54) is 25.2 Å². The Hall–Kier alpha value is -3.22. The summed E-state index contributed by atoms with van der Waals surface area (Å²) in [6, 6.07) is 10.7. The molecule has 0 saturated carbocycles. The summed E-state index contributed by atoms with van der Waals surface area (Å²) in [5.41, 5.74) is 2.11. The number of anilines is 1. The number of hydrogen-bond acceptors (Lipinski definition) is 3. The third kappa shape index (κ3) is 5.14. The van der Waals surface area contributed by atoms with Gasteiger partial charge in [-0.05, 0) is 42.3 Å². The highest BCUT2D eigenvalue weighted by Crippen LogP contribution is 2.18. The van der Waals surface area contributed by atoms with Crippen molar-refractivity contribution < 1.29 is 18.8 Å². The van der Waals surface area contributed by atoms with Crippen molar-refractivity contribution in [2.24, 2.45) is 0 Å². The van der Waals surface area contributed by atoms with Crippen molar-refractivity contribution in [1.82, 2.24) is 10.6 Å². The van der Waals surface area contributed by atoms with E-state index in [0.29, 0.717) is 22.4 Å². The van der Waals surface area contributed by atoms with E-state index in [-0.39, 0.29) is 24.8 Å². The minimum absolute atomic E-state index is 0.0176. The third-order valence-electron chi connectivity index (χ3n) is 3.78. The number of rotatable bonds is 6. The van der Waals surface area contributed by atoms with Gasteiger partial charge in [-0.25, -0.2) is 4.39 Å². The Labute approximate surface area is 150 Å². The third-order valence-corrected chi connectivity index (χ3v) is 3.78. The molecule has 2 rings (SSSR count). The van der Waals surface area contributed by atoms with Gasteiger partial charge in [0.05, 0.1) is 13.0 Å². The van der Waals surface area contributed by atoms with Gasteiger partial charge in [-0.3, -0.25) is 14.4 Å². The molecule has 7 heteroatoms. The van der Waals surface area contributed by atoms with Crippen molar-refractivity contribution in [1.29, 1.82) is 0 Å². The van der Waals surface area contributed by atoms with Crippen LogP contribution in [0.4, 0.5) is 10.1 Å². The molecule has 0 aliphatic rings. The Kier molecular flexibility index (Phi) is 6.43. The molecule has 6 nitrogen and oxygen atoms in total. The number of benzene rings is 2. The van der Waals surface area contributed by atoms with Crippen LogP contribution in [0, 0.1) is 12.7 Å². The molecule has 0 radical (unpaired) electrons. The first-order valence-corrected chi connectivity index (χ1v) is 8.03. The summed E-state index contributed by atoms with van der Waals surface area (Å²) >= 11 is 0. The van der Waals surface area contributed by atoms with Gasteiger partial charge in [-0.15, -0.1) is 0 Å². The summed E-state index contributed by atoms with van der Waals surface area (Å²) in [7, 11) is 1.53. The van der Waals surface area contributed by atoms with E-state index in [1.54, 1.807) is 31.2 Å². The van der Waals surface area contributed by atoms with Gasteiger partial charge in [0.1, 0.15) is 5.82 Å². The maximum atomic E-state index is 13.1. The average molecular weight is 357 g/mol. The SMILES string of the molecule is CNC(=O)c1cccc(NC(=O)CNC(=O)Cc2cccc(F)c2)c1C. The van der Waals surface area contributed by atoms with E-state index in [0.717, 1.165) is 0 Å².